The number of ether oxygens (including phenoxy) is 2. The number of benzene rings is 2. The van der Waals surface area contributed by atoms with Crippen molar-refractivity contribution < 1.29 is 36.6 Å². The lowest BCUT2D eigenvalue weighted by Gasteiger charge is -2.19. The van der Waals surface area contributed by atoms with Crippen molar-refractivity contribution in [2.45, 2.75) is 25.7 Å². The number of carbonyl (C=O) groups is 2. The maximum Gasteiger partial charge on any atom is 0.425 e. The summed E-state index contributed by atoms with van der Waals surface area (Å²) in [5.74, 6) is -2.21. The van der Waals surface area contributed by atoms with Crippen LogP contribution in [0.1, 0.15) is 33.2 Å². The molecule has 0 bridgehead atoms. The number of alkyl halides is 3. The molecule has 0 aliphatic rings. The maximum atomic E-state index is 13.6. The number of amides is 2. The second kappa shape index (κ2) is 10.4. The standard InChI is InChI=1S/C25H21F4N5O4/c1-12(25(27,28)29)38-24-17-11-32-34-21(17)19(22(30)35)20(33-24)14-5-3-13(4-6-14)10-31-23(36)16-9-15(26)7-8-18(16)37-2/h3-9,11-12H,10H2,1-2H3,(H2,30,35)(H,31,36)(H,32,34). The fourth-order valence-corrected chi connectivity index (χ4v) is 3.66. The number of nitrogens with one attached hydrogen (secondary N) is 2. The number of carbonyl (C=O) groups excluding carboxylic acids is 2. The number of fused-ring (bicyclic) bond motifs is 1. The average molecular weight is 531 g/mol. The first-order valence-corrected chi connectivity index (χ1v) is 11.1. The highest BCUT2D eigenvalue weighted by Gasteiger charge is 2.39. The Bertz CT molecular complexity index is 1500. The van der Waals surface area contributed by atoms with E-state index in [1.807, 2.05) is 0 Å². The van der Waals surface area contributed by atoms with Crippen LogP contribution in [0.3, 0.4) is 0 Å². The van der Waals surface area contributed by atoms with Crippen LogP contribution in [-0.2, 0) is 6.54 Å². The number of nitrogens with two attached hydrogens (primary N) is 1. The Morgan fingerprint density at radius 2 is 1.87 bits per heavy atom. The van der Waals surface area contributed by atoms with E-state index in [9.17, 15) is 27.2 Å². The smallest absolute Gasteiger partial charge is 0.425 e. The molecule has 2 aromatic carbocycles. The van der Waals surface area contributed by atoms with Gasteiger partial charge in [-0.1, -0.05) is 24.3 Å². The number of H-pyrrole nitrogens is 1. The van der Waals surface area contributed by atoms with Gasteiger partial charge < -0.3 is 20.5 Å². The van der Waals surface area contributed by atoms with Gasteiger partial charge in [0.25, 0.3) is 11.8 Å². The van der Waals surface area contributed by atoms with E-state index in [0.717, 1.165) is 13.0 Å². The molecule has 2 aromatic heterocycles. The van der Waals surface area contributed by atoms with Crippen molar-refractivity contribution in [2.75, 3.05) is 7.11 Å². The third kappa shape index (κ3) is 5.36. The van der Waals surface area contributed by atoms with Gasteiger partial charge in [-0.05, 0) is 30.7 Å². The monoisotopic (exact) mass is 531 g/mol. The van der Waals surface area contributed by atoms with E-state index < -0.39 is 29.9 Å². The molecule has 0 radical (unpaired) electrons. The molecule has 38 heavy (non-hydrogen) atoms. The van der Waals surface area contributed by atoms with Gasteiger partial charge >= 0.3 is 6.18 Å². The number of aromatic amines is 1. The molecule has 0 saturated heterocycles. The molecule has 0 aliphatic heterocycles. The highest BCUT2D eigenvalue weighted by molar-refractivity contribution is 6.10. The molecule has 2 amide bonds. The van der Waals surface area contributed by atoms with Gasteiger partial charge in [0, 0.05) is 12.1 Å². The number of rotatable bonds is 8. The van der Waals surface area contributed by atoms with Crippen LogP contribution in [0.2, 0.25) is 0 Å². The van der Waals surface area contributed by atoms with Gasteiger partial charge in [0.2, 0.25) is 5.88 Å². The summed E-state index contributed by atoms with van der Waals surface area (Å²) in [7, 11) is 1.36. The van der Waals surface area contributed by atoms with Gasteiger partial charge in [-0.25, -0.2) is 9.37 Å². The number of hydrogen-bond donors (Lipinski definition) is 3. The quantitative estimate of drug-likeness (QED) is 0.293. The third-order valence-corrected chi connectivity index (χ3v) is 5.65. The van der Waals surface area contributed by atoms with Crippen LogP contribution in [0.15, 0.2) is 48.7 Å². The second-order valence-electron chi connectivity index (χ2n) is 8.19. The van der Waals surface area contributed by atoms with Crippen molar-refractivity contribution in [3.63, 3.8) is 0 Å². The first kappa shape index (κ1) is 26.4. The molecular formula is C25H21F4N5O4. The molecule has 198 valence electrons. The minimum Gasteiger partial charge on any atom is -0.496 e. The molecule has 4 N–H and O–H groups in total. The van der Waals surface area contributed by atoms with Crippen LogP contribution in [0.25, 0.3) is 22.2 Å². The summed E-state index contributed by atoms with van der Waals surface area (Å²) in [5, 5.41) is 9.09. The largest absolute Gasteiger partial charge is 0.496 e. The molecule has 4 rings (SSSR count). The van der Waals surface area contributed by atoms with Crippen LogP contribution in [0, 0.1) is 5.82 Å². The lowest BCUT2D eigenvalue weighted by atomic mass is 10.0. The Morgan fingerprint density at radius 1 is 1.16 bits per heavy atom. The molecule has 0 spiro atoms. The molecule has 1 atom stereocenters. The summed E-state index contributed by atoms with van der Waals surface area (Å²) in [6.07, 6.45) is -5.64. The van der Waals surface area contributed by atoms with Crippen LogP contribution in [0.5, 0.6) is 11.6 Å². The number of aromatic nitrogens is 3. The van der Waals surface area contributed by atoms with E-state index in [4.69, 9.17) is 15.2 Å². The normalized spacial score (nSPS) is 12.3. The van der Waals surface area contributed by atoms with Crippen molar-refractivity contribution in [3.8, 4) is 22.9 Å². The topological polar surface area (TPSA) is 132 Å². The number of primary amides is 1. The Labute approximate surface area is 213 Å². The van der Waals surface area contributed by atoms with Gasteiger partial charge in [-0.3, -0.25) is 14.7 Å². The summed E-state index contributed by atoms with van der Waals surface area (Å²) in [6, 6.07) is 9.90. The van der Waals surface area contributed by atoms with Crippen molar-refractivity contribution in [1.29, 1.82) is 0 Å². The Hall–Kier alpha value is -4.68. The Kier molecular flexibility index (Phi) is 7.19. The van der Waals surface area contributed by atoms with Crippen molar-refractivity contribution in [1.82, 2.24) is 20.5 Å². The minimum atomic E-state index is -4.65. The van der Waals surface area contributed by atoms with Gasteiger partial charge in [0.05, 0.1) is 41.0 Å². The Morgan fingerprint density at radius 3 is 2.50 bits per heavy atom. The van der Waals surface area contributed by atoms with Crippen molar-refractivity contribution >= 4 is 22.7 Å². The first-order valence-electron chi connectivity index (χ1n) is 11.1. The molecule has 9 nitrogen and oxygen atoms in total. The molecule has 0 aliphatic carbocycles. The minimum absolute atomic E-state index is 0.0151. The van der Waals surface area contributed by atoms with Crippen LogP contribution >= 0.6 is 0 Å². The van der Waals surface area contributed by atoms with E-state index in [1.165, 1.54) is 25.4 Å². The van der Waals surface area contributed by atoms with E-state index in [2.05, 4.69) is 20.5 Å². The van der Waals surface area contributed by atoms with E-state index >= 15 is 0 Å². The predicted molar refractivity (Wildman–Crippen MR) is 128 cm³/mol. The van der Waals surface area contributed by atoms with E-state index in [0.29, 0.717) is 11.1 Å². The lowest BCUT2D eigenvalue weighted by Crippen LogP contribution is -2.31. The maximum absolute atomic E-state index is 13.6. The van der Waals surface area contributed by atoms with Gasteiger partial charge in [-0.15, -0.1) is 0 Å². The van der Waals surface area contributed by atoms with E-state index in [-0.39, 0.29) is 45.9 Å². The fraction of sp³-hybridized carbons (Fsp3) is 0.200. The highest BCUT2D eigenvalue weighted by Crippen LogP contribution is 2.35. The molecule has 4 aromatic rings. The molecule has 2 heterocycles. The summed E-state index contributed by atoms with van der Waals surface area (Å²) < 4.78 is 63.1. The summed E-state index contributed by atoms with van der Waals surface area (Å²) in [4.78, 5) is 29.0. The van der Waals surface area contributed by atoms with Crippen LogP contribution in [0.4, 0.5) is 17.6 Å². The zero-order valence-corrected chi connectivity index (χ0v) is 20.0. The fourth-order valence-electron chi connectivity index (χ4n) is 3.66. The van der Waals surface area contributed by atoms with E-state index in [1.54, 1.807) is 24.3 Å². The van der Waals surface area contributed by atoms with Gasteiger partial charge in [0.1, 0.15) is 11.6 Å². The van der Waals surface area contributed by atoms with Crippen molar-refractivity contribution in [3.05, 3.63) is 71.2 Å². The lowest BCUT2D eigenvalue weighted by molar-refractivity contribution is -0.189. The summed E-state index contributed by atoms with van der Waals surface area (Å²) >= 11 is 0. The number of nitrogens with zero attached hydrogens (tertiary/aromatic N) is 2. The third-order valence-electron chi connectivity index (χ3n) is 5.65. The van der Waals surface area contributed by atoms with Crippen molar-refractivity contribution in [2.24, 2.45) is 5.73 Å². The second-order valence-corrected chi connectivity index (χ2v) is 8.19. The highest BCUT2D eigenvalue weighted by atomic mass is 19.4. The zero-order valence-electron chi connectivity index (χ0n) is 20.0. The summed E-state index contributed by atoms with van der Waals surface area (Å²) in [6.45, 7) is 0.893. The van der Waals surface area contributed by atoms with Gasteiger partial charge in [-0.2, -0.15) is 18.3 Å². The SMILES string of the molecule is COc1ccc(F)cc1C(=O)NCc1ccc(-c2nc(OC(C)C(F)(F)F)c3cn[nH]c3c2C(N)=O)cc1. The molecular weight excluding hydrogens is 510 g/mol. The average Bonchev–Trinajstić information content (AvgIpc) is 3.36. The van der Waals surface area contributed by atoms with Gasteiger partial charge in [0.15, 0.2) is 6.10 Å². The number of pyridine rings is 1. The molecule has 0 fully saturated rings. The molecule has 1 unspecified atom stereocenters. The number of hydrogen-bond acceptors (Lipinski definition) is 6. The first-order chi connectivity index (χ1) is 18.0. The summed E-state index contributed by atoms with van der Waals surface area (Å²) in [5.41, 5.74) is 6.55. The zero-order chi connectivity index (χ0) is 27.6. The predicted octanol–water partition coefficient (Wildman–Crippen LogP) is 4.13. The number of methoxy groups -OCH3 is 1. The van der Waals surface area contributed by atoms with Crippen LogP contribution in [-0.4, -0.2) is 46.4 Å². The number of halogens is 4. The molecule has 13 heteroatoms. The van der Waals surface area contributed by atoms with Crippen LogP contribution < -0.4 is 20.5 Å². The Balaban J connectivity index is 1.63. The molecule has 0 saturated carbocycles.